The van der Waals surface area contributed by atoms with Crippen molar-refractivity contribution < 1.29 is 4.74 Å². The minimum absolute atomic E-state index is 0.105. The number of morpholine rings is 1. The van der Waals surface area contributed by atoms with Gasteiger partial charge in [0.15, 0.2) is 5.65 Å². The molecule has 0 spiro atoms. The molecule has 1 N–H and O–H groups in total. The molecule has 4 rings (SSSR count). The molecule has 1 aliphatic rings. The molecule has 7 nitrogen and oxygen atoms in total. The first kappa shape index (κ1) is 14.1. The van der Waals surface area contributed by atoms with E-state index in [0.717, 1.165) is 17.8 Å². The summed E-state index contributed by atoms with van der Waals surface area (Å²) in [7, 11) is 0. The predicted molar refractivity (Wildman–Crippen MR) is 85.3 cm³/mol. The van der Waals surface area contributed by atoms with Crippen LogP contribution < -0.4 is 11.0 Å². The summed E-state index contributed by atoms with van der Waals surface area (Å²) in [6.45, 7) is 2.59. The maximum atomic E-state index is 12.4. The molecule has 0 amide bonds. The number of aromatic nitrogens is 4. The van der Waals surface area contributed by atoms with Crippen molar-refractivity contribution >= 4 is 5.65 Å². The number of fused-ring (bicyclic) bond motifs is 1. The lowest BCUT2D eigenvalue weighted by Crippen LogP contribution is -2.45. The zero-order valence-electron chi connectivity index (χ0n) is 12.6. The summed E-state index contributed by atoms with van der Waals surface area (Å²) in [6.07, 6.45) is 1.54. The van der Waals surface area contributed by atoms with E-state index in [2.05, 4.69) is 15.4 Å². The average molecular weight is 311 g/mol. The van der Waals surface area contributed by atoms with E-state index >= 15 is 0 Å². The number of hydrogen-bond acceptors (Lipinski definition) is 5. The lowest BCUT2D eigenvalue weighted by molar-refractivity contribution is 0.0698. The third kappa shape index (κ3) is 2.76. The van der Waals surface area contributed by atoms with E-state index in [1.54, 1.807) is 0 Å². The Morgan fingerprint density at radius 1 is 1.30 bits per heavy atom. The van der Waals surface area contributed by atoms with Crippen molar-refractivity contribution in [1.29, 1.82) is 0 Å². The number of nitrogens with zero attached hydrogens (tertiary/aromatic N) is 4. The third-order valence-electron chi connectivity index (χ3n) is 3.94. The molecule has 1 atom stereocenters. The van der Waals surface area contributed by atoms with Gasteiger partial charge in [0.05, 0.1) is 31.5 Å². The van der Waals surface area contributed by atoms with Gasteiger partial charge in [0.1, 0.15) is 6.33 Å². The summed E-state index contributed by atoms with van der Waals surface area (Å²) in [5, 5.41) is 7.75. The van der Waals surface area contributed by atoms with Crippen molar-refractivity contribution in [3.8, 4) is 11.3 Å². The van der Waals surface area contributed by atoms with E-state index in [0.29, 0.717) is 25.4 Å². The Labute approximate surface area is 132 Å². The molecule has 1 saturated heterocycles. The van der Waals surface area contributed by atoms with Crippen molar-refractivity contribution in [2.75, 3.05) is 19.8 Å². The third-order valence-corrected chi connectivity index (χ3v) is 3.94. The first-order valence-corrected chi connectivity index (χ1v) is 7.63. The molecule has 0 saturated carbocycles. The van der Waals surface area contributed by atoms with Gasteiger partial charge in [0.25, 0.3) is 0 Å². The summed E-state index contributed by atoms with van der Waals surface area (Å²) in [5.74, 6) is 0. The molecule has 23 heavy (non-hydrogen) atoms. The first-order valence-electron chi connectivity index (χ1n) is 7.63. The number of ether oxygens (including phenoxy) is 1. The Hall–Kier alpha value is -2.51. The fraction of sp³-hybridized carbons (Fsp3) is 0.312. The van der Waals surface area contributed by atoms with E-state index in [1.165, 1.54) is 15.4 Å². The molecule has 0 radical (unpaired) electrons. The van der Waals surface area contributed by atoms with Gasteiger partial charge in [0, 0.05) is 18.2 Å². The minimum atomic E-state index is -0.181. The smallest absolute Gasteiger partial charge is 0.351 e. The molecule has 7 heteroatoms. The fourth-order valence-corrected chi connectivity index (χ4v) is 2.75. The number of rotatable bonds is 3. The Morgan fingerprint density at radius 3 is 2.96 bits per heavy atom. The second-order valence-electron chi connectivity index (χ2n) is 5.56. The predicted octanol–water partition coefficient (Wildman–Crippen LogP) is 0.546. The molecule has 1 aromatic carbocycles. The van der Waals surface area contributed by atoms with Gasteiger partial charge in [-0.05, 0) is 0 Å². The van der Waals surface area contributed by atoms with Gasteiger partial charge in [-0.3, -0.25) is 0 Å². The van der Waals surface area contributed by atoms with Gasteiger partial charge in [-0.25, -0.2) is 18.9 Å². The number of benzene rings is 1. The molecular formula is C16H17N5O2. The number of nitrogens with one attached hydrogen (secondary N) is 1. The fourth-order valence-electron chi connectivity index (χ4n) is 2.75. The van der Waals surface area contributed by atoms with E-state index in [1.807, 2.05) is 36.4 Å². The van der Waals surface area contributed by atoms with Crippen molar-refractivity contribution in [3.05, 3.63) is 53.2 Å². The highest BCUT2D eigenvalue weighted by molar-refractivity contribution is 5.62. The van der Waals surface area contributed by atoms with Gasteiger partial charge in [-0.15, -0.1) is 5.10 Å². The highest BCUT2D eigenvalue weighted by atomic mass is 16.5. The summed E-state index contributed by atoms with van der Waals surface area (Å²) >= 11 is 0. The topological polar surface area (TPSA) is 73.4 Å². The second kappa shape index (κ2) is 5.94. The van der Waals surface area contributed by atoms with Crippen LogP contribution in [0.4, 0.5) is 0 Å². The molecular weight excluding hydrogens is 294 g/mol. The van der Waals surface area contributed by atoms with Crippen molar-refractivity contribution in [1.82, 2.24) is 24.5 Å². The molecule has 3 aromatic rings. The average Bonchev–Trinajstić information content (AvgIpc) is 2.92. The van der Waals surface area contributed by atoms with Crippen LogP contribution in [0.2, 0.25) is 0 Å². The summed E-state index contributed by atoms with van der Waals surface area (Å²) < 4.78 is 8.36. The van der Waals surface area contributed by atoms with E-state index < -0.39 is 0 Å². The normalized spacial score (nSPS) is 18.3. The molecule has 118 valence electrons. The maximum absolute atomic E-state index is 12.4. The van der Waals surface area contributed by atoms with Crippen molar-refractivity contribution in [3.63, 3.8) is 0 Å². The maximum Gasteiger partial charge on any atom is 0.351 e. The van der Waals surface area contributed by atoms with Crippen LogP contribution in [0.3, 0.4) is 0 Å². The molecule has 0 bridgehead atoms. The molecule has 3 heterocycles. The number of hydrogen-bond donors (Lipinski definition) is 1. The van der Waals surface area contributed by atoms with Crippen LogP contribution in [-0.2, 0) is 11.3 Å². The van der Waals surface area contributed by atoms with Crippen LogP contribution in [0, 0.1) is 0 Å². The Balaban J connectivity index is 1.68. The van der Waals surface area contributed by atoms with Gasteiger partial charge < -0.3 is 10.1 Å². The van der Waals surface area contributed by atoms with Crippen LogP contribution in [0.25, 0.3) is 16.9 Å². The molecule has 1 aliphatic heterocycles. The quantitative estimate of drug-likeness (QED) is 0.764. The van der Waals surface area contributed by atoms with Gasteiger partial charge >= 0.3 is 5.69 Å². The van der Waals surface area contributed by atoms with Gasteiger partial charge in [-0.2, -0.15) is 0 Å². The van der Waals surface area contributed by atoms with Gasteiger partial charge in [-0.1, -0.05) is 30.3 Å². The Bertz CT molecular complexity index is 865. The van der Waals surface area contributed by atoms with E-state index in [-0.39, 0.29) is 11.7 Å². The highest BCUT2D eigenvalue weighted by Crippen LogP contribution is 2.16. The highest BCUT2D eigenvalue weighted by Gasteiger charge is 2.17. The molecule has 0 unspecified atom stereocenters. The lowest BCUT2D eigenvalue weighted by Gasteiger charge is -2.22. The second-order valence-corrected chi connectivity index (χ2v) is 5.56. The molecule has 2 aromatic heterocycles. The van der Waals surface area contributed by atoms with Crippen LogP contribution in [-0.4, -0.2) is 45.0 Å². The first-order chi connectivity index (χ1) is 11.3. The van der Waals surface area contributed by atoms with E-state index in [9.17, 15) is 4.79 Å². The summed E-state index contributed by atoms with van der Waals surface area (Å²) in [5.41, 5.74) is 2.22. The van der Waals surface area contributed by atoms with Crippen LogP contribution in [0.5, 0.6) is 0 Å². The van der Waals surface area contributed by atoms with Crippen LogP contribution in [0.1, 0.15) is 0 Å². The minimum Gasteiger partial charge on any atom is -0.378 e. The zero-order chi connectivity index (χ0) is 15.6. The Morgan fingerprint density at radius 2 is 2.17 bits per heavy atom. The summed E-state index contributed by atoms with van der Waals surface area (Å²) in [6, 6.07) is 11.8. The van der Waals surface area contributed by atoms with E-state index in [4.69, 9.17) is 4.74 Å². The Kier molecular flexibility index (Phi) is 3.64. The van der Waals surface area contributed by atoms with Gasteiger partial charge in [0.2, 0.25) is 0 Å². The zero-order valence-corrected chi connectivity index (χ0v) is 12.6. The largest absolute Gasteiger partial charge is 0.378 e. The molecule has 1 fully saturated rings. The summed E-state index contributed by atoms with van der Waals surface area (Å²) in [4.78, 5) is 16.8. The monoisotopic (exact) mass is 311 g/mol. The van der Waals surface area contributed by atoms with Crippen molar-refractivity contribution in [2.24, 2.45) is 0 Å². The van der Waals surface area contributed by atoms with Crippen LogP contribution >= 0.6 is 0 Å². The van der Waals surface area contributed by atoms with Crippen LogP contribution in [0.15, 0.2) is 47.5 Å². The lowest BCUT2D eigenvalue weighted by atomic mass is 10.1. The standard InChI is InChI=1S/C16H17N5O2/c22-16-20-11-18-14(12-4-2-1-3-5-12)8-15(20)19-21(16)9-13-10-23-7-6-17-13/h1-5,8,11,13,17H,6-7,9-10H2/t13-/m1/s1. The van der Waals surface area contributed by atoms with Crippen molar-refractivity contribution in [2.45, 2.75) is 12.6 Å². The SMILES string of the molecule is O=c1n(C[C@@H]2COCCN2)nc2cc(-c3ccccc3)ncn12. The molecule has 0 aliphatic carbocycles.